The maximum atomic E-state index is 13.2. The fraction of sp³-hybridized carbons (Fsp3) is 0.304. The minimum Gasteiger partial charge on any atom is -0.360 e. The molecule has 0 unspecified atom stereocenters. The van der Waals surface area contributed by atoms with Crippen molar-refractivity contribution in [1.82, 2.24) is 15.0 Å². The van der Waals surface area contributed by atoms with Gasteiger partial charge in [-0.25, -0.2) is 0 Å². The van der Waals surface area contributed by atoms with Crippen LogP contribution in [0.2, 0.25) is 0 Å². The van der Waals surface area contributed by atoms with Gasteiger partial charge in [-0.3, -0.25) is 9.69 Å². The Morgan fingerprint density at radius 1 is 1.00 bits per heavy atom. The predicted octanol–water partition coefficient (Wildman–Crippen LogP) is 3.92. The molecule has 3 aromatic rings. The molecule has 0 N–H and O–H groups in total. The Bertz CT molecular complexity index is 957. The van der Waals surface area contributed by atoms with E-state index in [0.717, 1.165) is 25.2 Å². The molecule has 5 heteroatoms. The van der Waals surface area contributed by atoms with Crippen LogP contribution < -0.4 is 0 Å². The Balaban J connectivity index is 1.44. The predicted molar refractivity (Wildman–Crippen MR) is 109 cm³/mol. The van der Waals surface area contributed by atoms with Crippen LogP contribution in [0.4, 0.5) is 0 Å². The van der Waals surface area contributed by atoms with Gasteiger partial charge in [0.1, 0.15) is 17.0 Å². The first kappa shape index (κ1) is 18.4. The Morgan fingerprint density at radius 2 is 1.75 bits per heavy atom. The summed E-state index contributed by atoms with van der Waals surface area (Å²) in [6.07, 6.45) is 0. The zero-order valence-corrected chi connectivity index (χ0v) is 16.4. The smallest absolute Gasteiger partial charge is 0.259 e. The van der Waals surface area contributed by atoms with Crippen molar-refractivity contribution in [2.75, 3.05) is 26.2 Å². The van der Waals surface area contributed by atoms with Gasteiger partial charge in [0, 0.05) is 38.3 Å². The van der Waals surface area contributed by atoms with Crippen LogP contribution in [0.1, 0.15) is 27.2 Å². The minimum absolute atomic E-state index is 0.00723. The first-order valence-electron chi connectivity index (χ1n) is 9.70. The summed E-state index contributed by atoms with van der Waals surface area (Å²) in [6.45, 7) is 8.00. The molecule has 4 rings (SSSR count). The number of carbonyl (C=O) groups excluding carboxylic acids is 1. The number of carbonyl (C=O) groups is 1. The van der Waals surface area contributed by atoms with Crippen molar-refractivity contribution >= 4 is 5.91 Å². The van der Waals surface area contributed by atoms with Gasteiger partial charge in [-0.15, -0.1) is 0 Å². The second kappa shape index (κ2) is 7.98. The number of benzene rings is 2. The minimum atomic E-state index is 0.00723. The Hall–Kier alpha value is -2.92. The first-order chi connectivity index (χ1) is 13.6. The molecular formula is C23H25N3O2. The van der Waals surface area contributed by atoms with Crippen molar-refractivity contribution in [3.05, 3.63) is 77.0 Å². The fourth-order valence-electron chi connectivity index (χ4n) is 3.75. The number of amides is 1. The molecule has 0 atom stereocenters. The number of rotatable bonds is 4. The van der Waals surface area contributed by atoms with Gasteiger partial charge >= 0.3 is 0 Å². The van der Waals surface area contributed by atoms with Gasteiger partial charge in [-0.2, -0.15) is 0 Å². The highest BCUT2D eigenvalue weighted by Crippen LogP contribution is 2.26. The van der Waals surface area contributed by atoms with E-state index in [1.807, 2.05) is 35.2 Å². The third-order valence-corrected chi connectivity index (χ3v) is 5.27. The maximum absolute atomic E-state index is 13.2. The summed E-state index contributed by atoms with van der Waals surface area (Å²) in [6, 6.07) is 18.3. The van der Waals surface area contributed by atoms with Crippen LogP contribution in [0.3, 0.4) is 0 Å². The van der Waals surface area contributed by atoms with Gasteiger partial charge in [0.2, 0.25) is 0 Å². The monoisotopic (exact) mass is 375 g/mol. The molecule has 144 valence electrons. The molecule has 1 amide bonds. The van der Waals surface area contributed by atoms with Gasteiger partial charge in [0.05, 0.1) is 0 Å². The highest BCUT2D eigenvalue weighted by atomic mass is 16.5. The van der Waals surface area contributed by atoms with Crippen molar-refractivity contribution in [2.24, 2.45) is 0 Å². The van der Waals surface area contributed by atoms with Crippen LogP contribution in [0, 0.1) is 13.8 Å². The van der Waals surface area contributed by atoms with E-state index in [1.165, 1.54) is 11.1 Å². The van der Waals surface area contributed by atoms with E-state index in [9.17, 15) is 4.79 Å². The molecule has 1 fully saturated rings. The van der Waals surface area contributed by atoms with Crippen molar-refractivity contribution in [3.8, 4) is 11.3 Å². The lowest BCUT2D eigenvalue weighted by atomic mass is 10.0. The van der Waals surface area contributed by atoms with E-state index in [1.54, 1.807) is 6.92 Å². The first-order valence-corrected chi connectivity index (χ1v) is 9.70. The quantitative estimate of drug-likeness (QED) is 0.694. The van der Waals surface area contributed by atoms with E-state index in [2.05, 4.69) is 41.2 Å². The summed E-state index contributed by atoms with van der Waals surface area (Å²) in [5.41, 5.74) is 4.72. The molecule has 1 aliphatic heterocycles. The number of nitrogens with zero attached hydrogens (tertiary/aromatic N) is 3. The van der Waals surface area contributed by atoms with Crippen molar-refractivity contribution < 1.29 is 9.32 Å². The van der Waals surface area contributed by atoms with Crippen LogP contribution in [-0.2, 0) is 6.54 Å². The Labute approximate surface area is 165 Å². The molecular weight excluding hydrogens is 350 g/mol. The zero-order chi connectivity index (χ0) is 19.5. The third kappa shape index (κ3) is 3.85. The summed E-state index contributed by atoms with van der Waals surface area (Å²) < 4.78 is 5.37. The molecule has 1 aromatic heterocycles. The van der Waals surface area contributed by atoms with Crippen LogP contribution in [0.5, 0.6) is 0 Å². The van der Waals surface area contributed by atoms with E-state index in [0.29, 0.717) is 30.1 Å². The topological polar surface area (TPSA) is 49.6 Å². The van der Waals surface area contributed by atoms with Gasteiger partial charge < -0.3 is 9.42 Å². The van der Waals surface area contributed by atoms with Crippen LogP contribution in [-0.4, -0.2) is 47.0 Å². The van der Waals surface area contributed by atoms with Crippen LogP contribution in [0.25, 0.3) is 11.3 Å². The summed E-state index contributed by atoms with van der Waals surface area (Å²) in [4.78, 5) is 17.5. The second-order valence-electron chi connectivity index (χ2n) is 7.39. The summed E-state index contributed by atoms with van der Waals surface area (Å²) in [5.74, 6) is 0.582. The summed E-state index contributed by atoms with van der Waals surface area (Å²) >= 11 is 0. The molecule has 0 radical (unpaired) electrons. The van der Waals surface area contributed by atoms with E-state index < -0.39 is 0 Å². The van der Waals surface area contributed by atoms with Gasteiger partial charge in [-0.1, -0.05) is 65.3 Å². The average molecular weight is 375 g/mol. The van der Waals surface area contributed by atoms with Crippen LogP contribution >= 0.6 is 0 Å². The molecule has 0 saturated carbocycles. The lowest BCUT2D eigenvalue weighted by Crippen LogP contribution is -2.48. The SMILES string of the molecule is Cc1cccc(CN2CCN(C(=O)c3c(-c4ccccc4)noc3C)CC2)c1. The van der Waals surface area contributed by atoms with Crippen LogP contribution in [0.15, 0.2) is 59.1 Å². The lowest BCUT2D eigenvalue weighted by molar-refractivity contribution is 0.0627. The highest BCUT2D eigenvalue weighted by Gasteiger charge is 2.28. The number of hydrogen-bond acceptors (Lipinski definition) is 4. The lowest BCUT2D eigenvalue weighted by Gasteiger charge is -2.34. The second-order valence-corrected chi connectivity index (χ2v) is 7.39. The third-order valence-electron chi connectivity index (χ3n) is 5.27. The number of aryl methyl sites for hydroxylation is 2. The molecule has 2 aromatic carbocycles. The average Bonchev–Trinajstić information content (AvgIpc) is 3.10. The fourth-order valence-corrected chi connectivity index (χ4v) is 3.75. The van der Waals surface area contributed by atoms with Gasteiger partial charge in [0.15, 0.2) is 0 Å². The molecule has 2 heterocycles. The van der Waals surface area contributed by atoms with Crippen molar-refractivity contribution in [2.45, 2.75) is 20.4 Å². The zero-order valence-electron chi connectivity index (χ0n) is 16.4. The Morgan fingerprint density at radius 3 is 2.46 bits per heavy atom. The van der Waals surface area contributed by atoms with E-state index >= 15 is 0 Å². The molecule has 0 bridgehead atoms. The van der Waals surface area contributed by atoms with Gasteiger partial charge in [-0.05, 0) is 19.4 Å². The van der Waals surface area contributed by atoms with Crippen molar-refractivity contribution in [3.63, 3.8) is 0 Å². The largest absolute Gasteiger partial charge is 0.360 e. The Kier molecular flexibility index (Phi) is 5.26. The summed E-state index contributed by atoms with van der Waals surface area (Å²) in [7, 11) is 0. The van der Waals surface area contributed by atoms with E-state index in [4.69, 9.17) is 4.52 Å². The highest BCUT2D eigenvalue weighted by molar-refractivity contribution is 6.00. The van der Waals surface area contributed by atoms with Gasteiger partial charge in [0.25, 0.3) is 5.91 Å². The molecule has 1 aliphatic rings. The number of piperazine rings is 1. The van der Waals surface area contributed by atoms with Crippen molar-refractivity contribution in [1.29, 1.82) is 0 Å². The standard InChI is InChI=1S/C23H25N3O2/c1-17-7-6-8-19(15-17)16-25-11-13-26(14-12-25)23(27)21-18(2)28-24-22(21)20-9-4-3-5-10-20/h3-10,15H,11-14,16H2,1-2H3. The molecule has 0 aliphatic carbocycles. The summed E-state index contributed by atoms with van der Waals surface area (Å²) in [5, 5.41) is 4.15. The normalized spacial score (nSPS) is 15.0. The molecule has 5 nitrogen and oxygen atoms in total. The maximum Gasteiger partial charge on any atom is 0.259 e. The molecule has 1 saturated heterocycles. The van der Waals surface area contributed by atoms with E-state index in [-0.39, 0.29) is 5.91 Å². The molecule has 0 spiro atoms. The molecule has 28 heavy (non-hydrogen) atoms. The number of hydrogen-bond donors (Lipinski definition) is 0. The number of aromatic nitrogens is 1.